The third-order valence-corrected chi connectivity index (χ3v) is 25.4. The number of fused-ring (bicyclic) bond motifs is 26. The van der Waals surface area contributed by atoms with Crippen LogP contribution in [0.2, 0.25) is 0 Å². The lowest BCUT2D eigenvalue weighted by molar-refractivity contribution is 0.494. The van der Waals surface area contributed by atoms with Gasteiger partial charge in [-0.25, -0.2) is 15.0 Å². The molecule has 3 aliphatic carbocycles. The van der Waals surface area contributed by atoms with E-state index in [4.69, 9.17) is 28.2 Å². The van der Waals surface area contributed by atoms with Gasteiger partial charge in [-0.15, -0.1) is 0 Å². The van der Waals surface area contributed by atoms with Crippen molar-refractivity contribution in [2.24, 2.45) is 0 Å². The van der Waals surface area contributed by atoms with E-state index in [0.717, 1.165) is 129 Å². The molecule has 7 nitrogen and oxygen atoms in total. The molecule has 0 N–H and O–H groups in total. The summed E-state index contributed by atoms with van der Waals surface area (Å²) in [5.74, 6) is 0.732. The molecule has 0 atom stereocenters. The van der Waals surface area contributed by atoms with E-state index in [1.165, 1.54) is 116 Å². The van der Waals surface area contributed by atoms with Gasteiger partial charge in [0.25, 0.3) is 0 Å². The molecule has 0 fully saturated rings. The predicted molar refractivity (Wildman–Crippen MR) is 471 cm³/mol. The smallest absolute Gasteiger partial charge is 0.160 e. The summed E-state index contributed by atoms with van der Waals surface area (Å²) < 4.78 is 19.9. The standard InChI is InChI=1S/C39H26N2O.C36H27NO.C32H23NO/c1-39(2)32-16-7-6-13-27(32)28-20-21-34-35(36(28)39)31-15-9-14-29(37(31)42-34)26-18-19-30(25-12-5-4-11-24(25)26)38-40-22-23-10-3-8-17-33(23)41-38;1-3-36(4-2)29-18-9-7-13-23(29)25-20-21-31-32(33(25)36)27-16-11-17-28(35(27)38-31)34-26-15-6-5-12-22(26)24-14-8-10-19-30(24)37-34;1-32(2)25-11-5-3-9-22(25)29-24(20-14-16-21(17-15-20)26-12-7-8-18-33-26)19-28-30(31(29)32)23-10-4-6-13-27(23)34-28/h3-22H,1-2H3;5-21H,3-4H2,1-2H3;3-19H,1-2H3. The van der Waals surface area contributed by atoms with Crippen molar-refractivity contribution in [3.8, 4) is 89.5 Å². The van der Waals surface area contributed by atoms with E-state index in [-0.39, 0.29) is 16.2 Å². The maximum absolute atomic E-state index is 6.77. The van der Waals surface area contributed by atoms with Crippen molar-refractivity contribution in [3.63, 3.8) is 0 Å². The molecule has 0 bridgehead atoms. The number of para-hydroxylation sites is 5. The van der Waals surface area contributed by atoms with Gasteiger partial charge in [-0.3, -0.25) is 4.98 Å². The molecule has 0 aliphatic heterocycles. The Morgan fingerprint density at radius 2 is 0.807 bits per heavy atom. The van der Waals surface area contributed by atoms with Gasteiger partial charge in [0.15, 0.2) is 5.82 Å². The molecule has 6 aromatic heterocycles. The largest absolute Gasteiger partial charge is 0.456 e. The van der Waals surface area contributed by atoms with Crippen LogP contribution in [0.25, 0.3) is 199 Å². The van der Waals surface area contributed by atoms with Crippen LogP contribution >= 0.6 is 0 Å². The molecule has 24 rings (SSSR count). The fourth-order valence-electron chi connectivity index (χ4n) is 20.1. The molecule has 0 saturated carbocycles. The van der Waals surface area contributed by atoms with Crippen LogP contribution in [0.4, 0.5) is 0 Å². The molecular formula is C107H76N4O3. The topological polar surface area (TPSA) is 91.0 Å². The third-order valence-electron chi connectivity index (χ3n) is 25.4. The van der Waals surface area contributed by atoms with Gasteiger partial charge in [0.2, 0.25) is 0 Å². The number of hydrogen-bond acceptors (Lipinski definition) is 7. The highest BCUT2D eigenvalue weighted by atomic mass is 16.3. The molecular weight excluding hydrogens is 1390 g/mol. The van der Waals surface area contributed by atoms with Crippen LogP contribution in [0.5, 0.6) is 0 Å². The van der Waals surface area contributed by atoms with Gasteiger partial charge in [-0.05, 0) is 173 Å². The third kappa shape index (κ3) is 9.88. The second-order valence-corrected chi connectivity index (χ2v) is 31.9. The monoisotopic (exact) mass is 1460 g/mol. The summed E-state index contributed by atoms with van der Waals surface area (Å²) >= 11 is 0. The predicted octanol–water partition coefficient (Wildman–Crippen LogP) is 29.0. The van der Waals surface area contributed by atoms with Crippen LogP contribution in [0, 0.1) is 0 Å². The van der Waals surface area contributed by atoms with Crippen LogP contribution in [0.15, 0.2) is 341 Å². The lowest BCUT2D eigenvalue weighted by atomic mass is 9.72. The van der Waals surface area contributed by atoms with Gasteiger partial charge in [0.1, 0.15) is 33.5 Å². The molecule has 15 aromatic carbocycles. The average Bonchev–Trinajstić information content (AvgIpc) is 1.55. The molecule has 114 heavy (non-hydrogen) atoms. The Bertz CT molecular complexity index is 7580. The summed E-state index contributed by atoms with van der Waals surface area (Å²) in [5, 5.41) is 14.1. The van der Waals surface area contributed by atoms with Crippen molar-refractivity contribution in [1.82, 2.24) is 19.9 Å². The number of pyridine rings is 2. The van der Waals surface area contributed by atoms with Crippen LogP contribution < -0.4 is 0 Å². The maximum atomic E-state index is 6.77. The van der Waals surface area contributed by atoms with Crippen molar-refractivity contribution in [2.45, 2.75) is 70.6 Å². The van der Waals surface area contributed by atoms with Crippen molar-refractivity contribution in [1.29, 1.82) is 0 Å². The molecule has 7 heteroatoms. The zero-order valence-electron chi connectivity index (χ0n) is 64.1. The highest BCUT2D eigenvalue weighted by Gasteiger charge is 2.44. The molecule has 0 saturated heterocycles. The number of hydrogen-bond donors (Lipinski definition) is 0. The summed E-state index contributed by atoms with van der Waals surface area (Å²) in [6.45, 7) is 14.0. The molecule has 6 heterocycles. The lowest BCUT2D eigenvalue weighted by Crippen LogP contribution is -2.23. The van der Waals surface area contributed by atoms with E-state index in [9.17, 15) is 0 Å². The molecule has 21 aromatic rings. The van der Waals surface area contributed by atoms with Gasteiger partial charge in [0.05, 0.1) is 22.4 Å². The summed E-state index contributed by atoms with van der Waals surface area (Å²) in [7, 11) is 0. The van der Waals surface area contributed by atoms with E-state index in [0.29, 0.717) is 0 Å². The summed E-state index contributed by atoms with van der Waals surface area (Å²) in [4.78, 5) is 19.4. The van der Waals surface area contributed by atoms with E-state index in [2.05, 4.69) is 313 Å². The zero-order valence-corrected chi connectivity index (χ0v) is 64.1. The molecule has 0 amide bonds. The van der Waals surface area contributed by atoms with Gasteiger partial charge >= 0.3 is 0 Å². The SMILES string of the molecule is CC1(C)c2ccccc2-c2c(-c3ccc(-c4ccccn4)cc3)cc3oc4ccccc4c3c21.CC1(C)c2ccccc2-c2ccc3oc4c(-c5ccc(-c6ncc7ccccc7n6)c6ccccc56)cccc4c3c21.CCC1(CC)c2ccccc2-c2ccc3oc4c(-c5nc6ccccc6c6ccccc56)cccc4c3c21. The van der Waals surface area contributed by atoms with Crippen molar-refractivity contribution < 1.29 is 13.3 Å². The normalized spacial score (nSPS) is 13.8. The summed E-state index contributed by atoms with van der Waals surface area (Å²) in [6.07, 6.45) is 5.85. The molecule has 0 spiro atoms. The highest BCUT2D eigenvalue weighted by molar-refractivity contribution is 6.20. The van der Waals surface area contributed by atoms with Crippen molar-refractivity contribution in [2.75, 3.05) is 0 Å². The quantitative estimate of drug-likeness (QED) is 0.147. The average molecular weight is 1470 g/mol. The Kier molecular flexibility index (Phi) is 15.0. The number of aromatic nitrogens is 4. The molecule has 542 valence electrons. The molecule has 3 aliphatic rings. The Balaban J connectivity index is 0.000000105. The second-order valence-electron chi connectivity index (χ2n) is 31.9. The van der Waals surface area contributed by atoms with E-state index in [1.807, 2.05) is 60.9 Å². The van der Waals surface area contributed by atoms with E-state index in [1.54, 1.807) is 0 Å². The number of benzene rings is 15. The minimum atomic E-state index is -0.124. The molecule has 0 radical (unpaired) electrons. The van der Waals surface area contributed by atoms with Gasteiger partial charge in [-0.1, -0.05) is 296 Å². The van der Waals surface area contributed by atoms with Crippen LogP contribution in [0.1, 0.15) is 87.8 Å². The van der Waals surface area contributed by atoms with Crippen LogP contribution in [-0.2, 0) is 16.2 Å². The fraction of sp³-hybridized carbons (Fsp3) is 0.103. The maximum Gasteiger partial charge on any atom is 0.160 e. The Hall–Kier alpha value is -13.9. The first kappa shape index (κ1) is 67.1. The first-order valence-corrected chi connectivity index (χ1v) is 39.8. The number of rotatable bonds is 7. The van der Waals surface area contributed by atoms with Crippen LogP contribution in [0.3, 0.4) is 0 Å². The Morgan fingerprint density at radius 1 is 0.298 bits per heavy atom. The number of nitrogens with zero attached hydrogens (tertiary/aromatic N) is 4. The number of furan rings is 3. The van der Waals surface area contributed by atoms with Crippen molar-refractivity contribution >= 4 is 109 Å². The minimum absolute atomic E-state index is 0.0217. The second kappa shape index (κ2) is 25.6. The van der Waals surface area contributed by atoms with Gasteiger partial charge in [-0.2, -0.15) is 0 Å². The fourth-order valence-corrected chi connectivity index (χ4v) is 20.1. The van der Waals surface area contributed by atoms with Gasteiger partial charge < -0.3 is 13.3 Å². The first-order chi connectivity index (χ1) is 56.0. The minimum Gasteiger partial charge on any atom is -0.456 e. The van der Waals surface area contributed by atoms with Gasteiger partial charge in [0, 0.05) is 99.4 Å². The van der Waals surface area contributed by atoms with Crippen LogP contribution in [-0.4, -0.2) is 19.9 Å². The Morgan fingerprint density at radius 3 is 1.53 bits per heavy atom. The molecule has 0 unspecified atom stereocenters. The highest BCUT2D eigenvalue weighted by Crippen LogP contribution is 2.60. The zero-order chi connectivity index (χ0) is 76.3. The first-order valence-electron chi connectivity index (χ1n) is 39.8. The Labute approximate surface area is 659 Å². The van der Waals surface area contributed by atoms with Crippen molar-refractivity contribution in [3.05, 3.63) is 361 Å². The lowest BCUT2D eigenvalue weighted by Gasteiger charge is -2.30. The summed E-state index contributed by atoms with van der Waals surface area (Å²) in [5.41, 5.74) is 33.4. The summed E-state index contributed by atoms with van der Waals surface area (Å²) in [6, 6.07) is 112. The van der Waals surface area contributed by atoms with E-state index >= 15 is 0 Å². The van der Waals surface area contributed by atoms with E-state index < -0.39 is 0 Å².